The van der Waals surface area contributed by atoms with E-state index in [1.54, 1.807) is 6.07 Å². The summed E-state index contributed by atoms with van der Waals surface area (Å²) in [4.78, 5) is 4.86. The van der Waals surface area contributed by atoms with Crippen LogP contribution in [0.3, 0.4) is 0 Å². The fourth-order valence-electron chi connectivity index (χ4n) is 4.30. The largest absolute Gasteiger partial charge is 0.416 e. The fraction of sp³-hybridized carbons (Fsp3) is 0.147. The van der Waals surface area contributed by atoms with E-state index in [1.165, 1.54) is 6.07 Å². The number of anilines is 1. The highest BCUT2D eigenvalue weighted by molar-refractivity contribution is 7.80. The van der Waals surface area contributed by atoms with Crippen LogP contribution in [0.25, 0.3) is 34.5 Å². The second-order valence-corrected chi connectivity index (χ2v) is 10.9. The number of imidazole rings is 1. The van der Waals surface area contributed by atoms with E-state index in [0.29, 0.717) is 28.4 Å². The van der Waals surface area contributed by atoms with Crippen molar-refractivity contribution in [2.75, 3.05) is 11.5 Å². The van der Waals surface area contributed by atoms with Crippen LogP contribution in [0.15, 0.2) is 97.2 Å². The van der Waals surface area contributed by atoms with Crippen LogP contribution in [-0.2, 0) is 12.7 Å². The summed E-state index contributed by atoms with van der Waals surface area (Å²) in [6.45, 7) is 2.58. The van der Waals surface area contributed by atoms with Gasteiger partial charge >= 0.3 is 12.4 Å². The molecule has 45 heavy (non-hydrogen) atoms. The SMILES string of the molecule is Cc1ccc(-c2cn(Cc3ccc(N)cc3)c(/C=C/c3ccc(-c4cccc(C(F)(F)F)c4)cc3)n2)c(Cl)c1.FC(F)(F)CS. The molecule has 11 heteroatoms. The van der Waals surface area contributed by atoms with Crippen LogP contribution < -0.4 is 5.73 Å². The summed E-state index contributed by atoms with van der Waals surface area (Å²) in [6.07, 6.45) is -2.65. The number of hydrogen-bond donors (Lipinski definition) is 2. The molecule has 0 atom stereocenters. The van der Waals surface area contributed by atoms with Crippen molar-refractivity contribution in [3.8, 4) is 22.4 Å². The van der Waals surface area contributed by atoms with Gasteiger partial charge in [-0.3, -0.25) is 0 Å². The number of nitrogens with two attached hydrogens (primary N) is 1. The van der Waals surface area contributed by atoms with E-state index in [1.807, 2.05) is 96.6 Å². The Morgan fingerprint density at radius 2 is 1.51 bits per heavy atom. The standard InChI is InChI=1S/C32H25ClF3N3.C2H3F3S/c1-21-5-15-28(29(33)17-21)30-20-39(19-23-8-13-27(37)14-9-23)31(38-30)16-10-22-6-11-24(12-7-22)25-3-2-4-26(18-25)32(34,35)36;3-2(4,5)1-6/h2-18,20H,19,37H2,1H3;6H,1H2/b16-10+;. The van der Waals surface area contributed by atoms with Crippen molar-refractivity contribution in [3.63, 3.8) is 0 Å². The zero-order valence-electron chi connectivity index (χ0n) is 23.9. The van der Waals surface area contributed by atoms with Gasteiger partial charge in [0.1, 0.15) is 5.82 Å². The summed E-state index contributed by atoms with van der Waals surface area (Å²) in [5, 5.41) is 0.632. The maximum absolute atomic E-state index is 13.1. The van der Waals surface area contributed by atoms with Crippen LogP contribution in [-0.4, -0.2) is 21.5 Å². The number of hydrogen-bond acceptors (Lipinski definition) is 3. The van der Waals surface area contributed by atoms with Crippen LogP contribution in [0.5, 0.6) is 0 Å². The molecular formula is C34H28ClF6N3S. The molecule has 0 radical (unpaired) electrons. The van der Waals surface area contributed by atoms with Crippen molar-refractivity contribution < 1.29 is 26.3 Å². The number of nitrogens with zero attached hydrogens (tertiary/aromatic N) is 2. The lowest BCUT2D eigenvalue weighted by Crippen LogP contribution is -2.07. The molecule has 5 aromatic rings. The van der Waals surface area contributed by atoms with E-state index in [-0.39, 0.29) is 0 Å². The van der Waals surface area contributed by atoms with Gasteiger partial charge in [0.15, 0.2) is 0 Å². The minimum Gasteiger partial charge on any atom is -0.399 e. The summed E-state index contributed by atoms with van der Waals surface area (Å²) in [7, 11) is 0. The minimum absolute atomic E-state index is 0.513. The Bertz CT molecular complexity index is 1760. The number of aromatic nitrogens is 2. The second kappa shape index (κ2) is 14.3. The molecule has 4 aromatic carbocycles. The van der Waals surface area contributed by atoms with Gasteiger partial charge < -0.3 is 10.3 Å². The topological polar surface area (TPSA) is 43.8 Å². The van der Waals surface area contributed by atoms with Gasteiger partial charge in [-0.05, 0) is 71.1 Å². The van der Waals surface area contributed by atoms with E-state index in [4.69, 9.17) is 22.3 Å². The lowest BCUT2D eigenvalue weighted by Gasteiger charge is -2.09. The molecule has 1 heterocycles. The summed E-state index contributed by atoms with van der Waals surface area (Å²) >= 11 is 9.51. The van der Waals surface area contributed by atoms with Crippen molar-refractivity contribution in [2.24, 2.45) is 0 Å². The third kappa shape index (κ3) is 9.67. The van der Waals surface area contributed by atoms with E-state index >= 15 is 0 Å². The molecule has 1 aromatic heterocycles. The van der Waals surface area contributed by atoms with E-state index in [2.05, 4.69) is 12.6 Å². The molecule has 0 bridgehead atoms. The van der Waals surface area contributed by atoms with E-state index in [9.17, 15) is 26.3 Å². The molecule has 0 aliphatic rings. The van der Waals surface area contributed by atoms with Crippen molar-refractivity contribution in [3.05, 3.63) is 130 Å². The number of benzene rings is 4. The normalized spacial score (nSPS) is 11.8. The van der Waals surface area contributed by atoms with Crippen LogP contribution in [0.1, 0.15) is 28.1 Å². The molecule has 0 saturated heterocycles. The van der Waals surface area contributed by atoms with Crippen molar-refractivity contribution in [1.29, 1.82) is 0 Å². The Morgan fingerprint density at radius 1 is 0.844 bits per heavy atom. The van der Waals surface area contributed by atoms with Gasteiger partial charge in [0.05, 0.1) is 22.0 Å². The first-order valence-electron chi connectivity index (χ1n) is 13.5. The summed E-state index contributed by atoms with van der Waals surface area (Å²) in [6, 6.07) is 26.3. The molecular weight excluding hydrogens is 632 g/mol. The highest BCUT2D eigenvalue weighted by atomic mass is 35.5. The molecule has 0 spiro atoms. The molecule has 0 fully saturated rings. The maximum Gasteiger partial charge on any atom is 0.416 e. The predicted molar refractivity (Wildman–Crippen MR) is 173 cm³/mol. The minimum atomic E-state index is -4.38. The van der Waals surface area contributed by atoms with Gasteiger partial charge in [0.25, 0.3) is 0 Å². The van der Waals surface area contributed by atoms with Crippen molar-refractivity contribution >= 4 is 42.1 Å². The average Bonchev–Trinajstić information content (AvgIpc) is 3.39. The van der Waals surface area contributed by atoms with Gasteiger partial charge in [-0.2, -0.15) is 39.0 Å². The third-order valence-corrected chi connectivity index (χ3v) is 7.25. The molecule has 0 aliphatic carbocycles. The quantitative estimate of drug-likeness (QED) is 0.108. The second-order valence-electron chi connectivity index (χ2n) is 10.1. The summed E-state index contributed by atoms with van der Waals surface area (Å²) in [5.41, 5.74) is 11.7. The van der Waals surface area contributed by atoms with E-state index in [0.717, 1.165) is 45.9 Å². The van der Waals surface area contributed by atoms with Crippen LogP contribution >= 0.6 is 24.2 Å². The van der Waals surface area contributed by atoms with Gasteiger partial charge in [0, 0.05) is 24.0 Å². The molecule has 0 saturated carbocycles. The number of thiol groups is 1. The maximum atomic E-state index is 13.1. The Kier molecular flexibility index (Phi) is 10.7. The predicted octanol–water partition coefficient (Wildman–Crippen LogP) is 10.5. The van der Waals surface area contributed by atoms with Crippen LogP contribution in [0.4, 0.5) is 32.0 Å². The van der Waals surface area contributed by atoms with Crippen LogP contribution in [0, 0.1) is 6.92 Å². The van der Waals surface area contributed by atoms with Gasteiger partial charge in [-0.1, -0.05) is 78.3 Å². The lowest BCUT2D eigenvalue weighted by molar-refractivity contribution is -0.137. The monoisotopic (exact) mass is 659 g/mol. The third-order valence-electron chi connectivity index (χ3n) is 6.58. The molecule has 0 amide bonds. The first kappa shape index (κ1) is 33.7. The number of aryl methyl sites for hydroxylation is 1. The molecule has 2 N–H and O–H groups in total. The zero-order valence-corrected chi connectivity index (χ0v) is 25.5. The zero-order chi connectivity index (χ0) is 32.8. The highest BCUT2D eigenvalue weighted by Crippen LogP contribution is 2.33. The van der Waals surface area contributed by atoms with Gasteiger partial charge in [-0.15, -0.1) is 0 Å². The first-order chi connectivity index (χ1) is 21.2. The molecule has 0 unspecified atom stereocenters. The fourth-order valence-corrected chi connectivity index (χ4v) is 4.63. The Labute approximate surface area is 267 Å². The highest BCUT2D eigenvalue weighted by Gasteiger charge is 2.30. The Hall–Kier alpha value is -4.15. The smallest absolute Gasteiger partial charge is 0.399 e. The van der Waals surface area contributed by atoms with Crippen LogP contribution in [0.2, 0.25) is 5.02 Å². The first-order valence-corrected chi connectivity index (χ1v) is 14.5. The van der Waals surface area contributed by atoms with E-state index < -0.39 is 23.7 Å². The number of halogens is 7. The number of alkyl halides is 6. The Morgan fingerprint density at radius 3 is 2.11 bits per heavy atom. The Balaban J connectivity index is 0.000000700. The van der Waals surface area contributed by atoms with Crippen molar-refractivity contribution in [1.82, 2.24) is 9.55 Å². The molecule has 3 nitrogen and oxygen atoms in total. The van der Waals surface area contributed by atoms with Gasteiger partial charge in [-0.25, -0.2) is 4.98 Å². The van der Waals surface area contributed by atoms with Crippen molar-refractivity contribution in [2.45, 2.75) is 25.8 Å². The molecule has 234 valence electrons. The number of nitrogen functional groups attached to an aromatic ring is 1. The number of rotatable bonds is 6. The van der Waals surface area contributed by atoms with Gasteiger partial charge in [0.2, 0.25) is 0 Å². The summed E-state index contributed by atoms with van der Waals surface area (Å²) < 4.78 is 73.5. The molecule has 5 rings (SSSR count). The lowest BCUT2D eigenvalue weighted by atomic mass is 10.0. The average molecular weight is 660 g/mol. The summed E-state index contributed by atoms with van der Waals surface area (Å²) in [5.74, 6) is -0.298. The molecule has 0 aliphatic heterocycles.